The number of benzene rings is 1. The number of nitrogen functional groups attached to an aromatic ring is 1. The Bertz CT molecular complexity index is 1430. The van der Waals surface area contributed by atoms with Gasteiger partial charge in [-0.25, -0.2) is 19.4 Å². The van der Waals surface area contributed by atoms with Gasteiger partial charge >= 0.3 is 6.09 Å². The largest absolute Gasteiger partial charge is 0.453 e. The Morgan fingerprint density at radius 2 is 1.90 bits per heavy atom. The van der Waals surface area contributed by atoms with Crippen LogP contribution in [0.3, 0.4) is 0 Å². The van der Waals surface area contributed by atoms with Crippen LogP contribution >= 0.6 is 0 Å². The van der Waals surface area contributed by atoms with Gasteiger partial charge in [-0.2, -0.15) is 5.10 Å². The fraction of sp³-hybridized carbons (Fsp3) is 0.571. The number of piperidine rings is 1. The molecule has 4 heterocycles. The van der Waals surface area contributed by atoms with Gasteiger partial charge in [0.1, 0.15) is 23.4 Å². The Morgan fingerprint density at radius 3 is 2.58 bits per heavy atom. The number of ether oxygens (including phenoxy) is 3. The van der Waals surface area contributed by atoms with Crippen LogP contribution in [-0.2, 0) is 10.3 Å². The molecule has 2 aliphatic heterocycles. The lowest BCUT2D eigenvalue weighted by molar-refractivity contribution is 0.0635. The first-order valence-electron chi connectivity index (χ1n) is 13.9. The molecule has 12 heteroatoms. The van der Waals surface area contributed by atoms with Crippen LogP contribution in [0.2, 0.25) is 0 Å². The molecule has 12 nitrogen and oxygen atoms in total. The van der Waals surface area contributed by atoms with Crippen LogP contribution in [0.25, 0.3) is 22.3 Å². The molecular formula is C28H38N8O4. The van der Waals surface area contributed by atoms with Gasteiger partial charge < -0.3 is 29.7 Å². The first kappa shape index (κ1) is 26.6. The van der Waals surface area contributed by atoms with Gasteiger partial charge in [0, 0.05) is 18.2 Å². The van der Waals surface area contributed by atoms with Crippen LogP contribution < -0.4 is 20.5 Å². The lowest BCUT2D eigenvalue weighted by Gasteiger charge is -2.37. The van der Waals surface area contributed by atoms with Crippen molar-refractivity contribution in [2.45, 2.75) is 63.6 Å². The Kier molecular flexibility index (Phi) is 6.49. The predicted octanol–water partition coefficient (Wildman–Crippen LogP) is 3.67. The molecule has 1 aromatic carbocycles. The Labute approximate surface area is 233 Å². The summed E-state index contributed by atoms with van der Waals surface area (Å²) < 4.78 is 19.2. The maximum Gasteiger partial charge on any atom is 0.412 e. The van der Waals surface area contributed by atoms with E-state index in [2.05, 4.69) is 43.9 Å². The zero-order valence-corrected chi connectivity index (χ0v) is 23.9. The van der Waals surface area contributed by atoms with E-state index in [4.69, 9.17) is 25.0 Å². The van der Waals surface area contributed by atoms with Crippen molar-refractivity contribution >= 4 is 28.6 Å². The number of nitrogens with two attached hydrogens (primary N) is 1. The first-order chi connectivity index (χ1) is 19.0. The number of likely N-dealkylation sites (tertiary alicyclic amines) is 1. The molecule has 1 aliphatic carbocycles. The highest BCUT2D eigenvalue weighted by molar-refractivity contribution is 6.01. The maximum absolute atomic E-state index is 12.5. The smallest absolute Gasteiger partial charge is 0.412 e. The van der Waals surface area contributed by atoms with Crippen LogP contribution in [0.15, 0.2) is 18.5 Å². The van der Waals surface area contributed by atoms with Gasteiger partial charge in [0.15, 0.2) is 17.1 Å². The molecule has 0 unspecified atom stereocenters. The average molecular weight is 551 g/mol. The molecule has 1 amide bonds. The van der Waals surface area contributed by atoms with Crippen molar-refractivity contribution in [2.75, 3.05) is 51.6 Å². The number of hydrogen-bond donors (Lipinski definition) is 2. The molecule has 1 saturated carbocycles. The molecule has 214 valence electrons. The van der Waals surface area contributed by atoms with Crippen LogP contribution in [0.1, 0.15) is 46.5 Å². The molecule has 0 spiro atoms. The van der Waals surface area contributed by atoms with Gasteiger partial charge in [0.05, 0.1) is 16.6 Å². The molecule has 1 saturated heterocycles. The lowest BCUT2D eigenvalue weighted by atomic mass is 10.0. The number of fused-ring (bicyclic) bond motifs is 2. The number of carbonyl (C=O) groups is 1. The van der Waals surface area contributed by atoms with Gasteiger partial charge in [0.25, 0.3) is 0 Å². The van der Waals surface area contributed by atoms with Crippen LogP contribution in [0.5, 0.6) is 11.5 Å². The lowest BCUT2D eigenvalue weighted by Crippen LogP contribution is -2.45. The molecule has 40 heavy (non-hydrogen) atoms. The fourth-order valence-corrected chi connectivity index (χ4v) is 5.78. The maximum atomic E-state index is 12.5. The zero-order chi connectivity index (χ0) is 28.2. The van der Waals surface area contributed by atoms with E-state index in [1.807, 2.05) is 26.8 Å². The summed E-state index contributed by atoms with van der Waals surface area (Å²) >= 11 is 0. The summed E-state index contributed by atoms with van der Waals surface area (Å²) in [4.78, 5) is 26.3. The number of rotatable bonds is 6. The summed E-state index contributed by atoms with van der Waals surface area (Å²) in [6, 6.07) is 4.25. The van der Waals surface area contributed by atoms with E-state index in [1.54, 1.807) is 6.07 Å². The molecular weight excluding hydrogens is 512 g/mol. The number of hydrogen-bond acceptors (Lipinski definition) is 10. The van der Waals surface area contributed by atoms with E-state index >= 15 is 0 Å². The van der Waals surface area contributed by atoms with Crippen LogP contribution in [0.4, 0.5) is 16.3 Å². The second kappa shape index (κ2) is 9.77. The molecule has 3 aliphatic rings. The van der Waals surface area contributed by atoms with E-state index in [0.717, 1.165) is 45.3 Å². The average Bonchev–Trinajstić information content (AvgIpc) is 3.31. The molecule has 0 atom stereocenters. The Hall–Kier alpha value is -3.64. The summed E-state index contributed by atoms with van der Waals surface area (Å²) in [6.45, 7) is 8.51. The fourth-order valence-electron chi connectivity index (χ4n) is 5.78. The monoisotopic (exact) mass is 550 g/mol. The summed E-state index contributed by atoms with van der Waals surface area (Å²) in [5.41, 5.74) is 8.18. The van der Waals surface area contributed by atoms with Crippen LogP contribution in [-0.4, -0.2) is 87.8 Å². The highest BCUT2D eigenvalue weighted by atomic mass is 16.7. The summed E-state index contributed by atoms with van der Waals surface area (Å²) in [7, 11) is 4.33. The van der Waals surface area contributed by atoms with Crippen molar-refractivity contribution in [3.05, 3.63) is 18.5 Å². The standard InChI is InChI=1S/C28H38N8O4/c1-27(2,3)40-26(37)32-19-7-6-18(22-23(19)39-16-38-22)21-20-24(29)30-15-31-25(20)36(33-21)28(10-11-28)14-35-12-8-17(9-13-35)34(4)5/h6-7,15,17H,8-14,16H2,1-5H3,(H,32,37)(H2,29,30,31). The number of anilines is 2. The molecule has 2 aromatic heterocycles. The van der Waals surface area contributed by atoms with E-state index in [-0.39, 0.29) is 12.3 Å². The minimum atomic E-state index is -0.630. The number of amides is 1. The van der Waals surface area contributed by atoms with Gasteiger partial charge in [0.2, 0.25) is 6.79 Å². The van der Waals surface area contributed by atoms with Crippen molar-refractivity contribution in [3.63, 3.8) is 0 Å². The van der Waals surface area contributed by atoms with E-state index in [9.17, 15) is 4.79 Å². The second-order valence-corrected chi connectivity index (χ2v) is 12.3. The first-order valence-corrected chi connectivity index (χ1v) is 13.9. The van der Waals surface area contributed by atoms with Crippen molar-refractivity contribution < 1.29 is 19.0 Å². The van der Waals surface area contributed by atoms with Gasteiger partial charge in [-0.1, -0.05) is 0 Å². The number of carbonyl (C=O) groups excluding carboxylic acids is 1. The highest BCUT2D eigenvalue weighted by Gasteiger charge is 2.49. The van der Waals surface area contributed by atoms with E-state index in [0.29, 0.717) is 51.3 Å². The minimum absolute atomic E-state index is 0.0206. The molecule has 3 N–H and O–H groups in total. The van der Waals surface area contributed by atoms with Crippen molar-refractivity contribution in [1.82, 2.24) is 29.5 Å². The molecule has 0 radical (unpaired) electrons. The molecule has 2 fully saturated rings. The Balaban J connectivity index is 1.34. The van der Waals surface area contributed by atoms with Crippen molar-refractivity contribution in [1.29, 1.82) is 0 Å². The van der Waals surface area contributed by atoms with Crippen molar-refractivity contribution in [2.24, 2.45) is 0 Å². The third-order valence-corrected chi connectivity index (χ3v) is 7.99. The zero-order valence-electron chi connectivity index (χ0n) is 23.9. The highest BCUT2D eigenvalue weighted by Crippen LogP contribution is 2.51. The minimum Gasteiger partial charge on any atom is -0.453 e. The van der Waals surface area contributed by atoms with Gasteiger partial charge in [-0.05, 0) is 85.8 Å². The number of aromatic nitrogens is 4. The quantitative estimate of drug-likeness (QED) is 0.468. The predicted molar refractivity (Wildman–Crippen MR) is 152 cm³/mol. The Morgan fingerprint density at radius 1 is 1.18 bits per heavy atom. The molecule has 3 aromatic rings. The SMILES string of the molecule is CN(C)C1CCN(CC2(n3nc(-c4ccc(NC(=O)OC(C)(C)C)c5c4OCO5)c4c(N)ncnc43)CC2)CC1. The van der Waals surface area contributed by atoms with Gasteiger partial charge in [-0.3, -0.25) is 5.32 Å². The van der Waals surface area contributed by atoms with Crippen LogP contribution in [0, 0.1) is 0 Å². The van der Waals surface area contributed by atoms with E-state index < -0.39 is 11.7 Å². The van der Waals surface area contributed by atoms with E-state index in [1.165, 1.54) is 6.33 Å². The van der Waals surface area contributed by atoms with Gasteiger partial charge in [-0.15, -0.1) is 0 Å². The third kappa shape index (κ3) is 4.90. The van der Waals surface area contributed by atoms with Crippen molar-refractivity contribution in [3.8, 4) is 22.8 Å². The summed E-state index contributed by atoms with van der Waals surface area (Å²) in [5, 5.41) is 8.59. The molecule has 0 bridgehead atoms. The number of nitrogens with zero attached hydrogens (tertiary/aromatic N) is 6. The summed E-state index contributed by atoms with van der Waals surface area (Å²) in [5.74, 6) is 1.27. The topological polar surface area (TPSA) is 133 Å². The normalized spacial score (nSPS) is 18.9. The second-order valence-electron chi connectivity index (χ2n) is 12.3. The molecule has 6 rings (SSSR count). The number of nitrogens with one attached hydrogen (secondary N) is 1. The summed E-state index contributed by atoms with van der Waals surface area (Å²) in [6.07, 6.45) is 5.30. The third-order valence-electron chi connectivity index (χ3n) is 7.99.